The van der Waals surface area contributed by atoms with Crippen LogP contribution in [0.25, 0.3) is 0 Å². The zero-order valence-electron chi connectivity index (χ0n) is 20.6. The van der Waals surface area contributed by atoms with E-state index in [-0.39, 0.29) is 5.91 Å². The minimum absolute atomic E-state index is 0.0782. The van der Waals surface area contributed by atoms with E-state index >= 15 is 0 Å². The molecule has 0 spiro atoms. The number of carbonyl (C=O) groups excluding carboxylic acids is 1. The van der Waals surface area contributed by atoms with Crippen LogP contribution >= 0.6 is 0 Å². The lowest BCUT2D eigenvalue weighted by atomic mass is 9.86. The number of hydrogen-bond donors (Lipinski definition) is 1. The summed E-state index contributed by atoms with van der Waals surface area (Å²) in [4.78, 5) is 26.1. The number of nitrogen functional groups attached to an aromatic ring is 1. The molecule has 1 atom stereocenters. The Morgan fingerprint density at radius 2 is 1.82 bits per heavy atom. The molecule has 2 fully saturated rings. The molecule has 4 rings (SSSR count). The van der Waals surface area contributed by atoms with E-state index in [0.29, 0.717) is 43.3 Å². The van der Waals surface area contributed by atoms with Gasteiger partial charge in [-0.1, -0.05) is 51.9 Å². The molecule has 33 heavy (non-hydrogen) atoms. The van der Waals surface area contributed by atoms with Crippen molar-refractivity contribution in [3.8, 4) is 6.01 Å². The van der Waals surface area contributed by atoms with Crippen molar-refractivity contribution in [2.75, 3.05) is 36.9 Å². The Morgan fingerprint density at radius 1 is 1.00 bits per heavy atom. The fourth-order valence-electron chi connectivity index (χ4n) is 5.82. The largest absolute Gasteiger partial charge is 0.463 e. The second-order valence-corrected chi connectivity index (χ2v) is 10.2. The highest BCUT2D eigenvalue weighted by atomic mass is 16.5. The van der Waals surface area contributed by atoms with Crippen LogP contribution in [0, 0.1) is 5.92 Å². The monoisotopic (exact) mass is 457 g/mol. The average molecular weight is 458 g/mol. The maximum absolute atomic E-state index is 12.7. The lowest BCUT2D eigenvalue weighted by molar-refractivity contribution is -0.117. The van der Waals surface area contributed by atoms with Crippen LogP contribution in [0.3, 0.4) is 0 Å². The molecule has 1 saturated heterocycles. The van der Waals surface area contributed by atoms with E-state index in [1.807, 2.05) is 4.90 Å². The number of fused-ring (bicyclic) bond motifs is 1. The van der Waals surface area contributed by atoms with Gasteiger partial charge in [-0.05, 0) is 57.5 Å². The predicted octanol–water partition coefficient (Wildman–Crippen LogP) is 4.73. The highest BCUT2D eigenvalue weighted by Crippen LogP contribution is 2.33. The molecule has 0 radical (unpaired) electrons. The van der Waals surface area contributed by atoms with Gasteiger partial charge < -0.3 is 15.4 Å². The van der Waals surface area contributed by atoms with Crippen molar-refractivity contribution in [3.63, 3.8) is 0 Å². The zero-order chi connectivity index (χ0) is 23.0. The van der Waals surface area contributed by atoms with Crippen molar-refractivity contribution in [2.45, 2.75) is 103 Å². The van der Waals surface area contributed by atoms with Crippen molar-refractivity contribution in [2.24, 2.45) is 5.92 Å². The minimum atomic E-state index is 0.0782. The Bertz CT molecular complexity index is 780. The summed E-state index contributed by atoms with van der Waals surface area (Å²) >= 11 is 0. The van der Waals surface area contributed by atoms with Crippen LogP contribution in [0.4, 0.5) is 11.6 Å². The molecule has 1 aromatic heterocycles. The number of aromatic nitrogens is 2. The molecule has 184 valence electrons. The first-order chi connectivity index (χ1) is 16.2. The maximum Gasteiger partial charge on any atom is 0.320 e. The number of unbranched alkanes of at least 4 members (excludes halogenated alkanes) is 1. The fraction of sp³-hybridized carbons (Fsp3) is 0.808. The van der Waals surface area contributed by atoms with Crippen LogP contribution in [0.2, 0.25) is 0 Å². The van der Waals surface area contributed by atoms with Crippen LogP contribution in [-0.4, -0.2) is 53.1 Å². The van der Waals surface area contributed by atoms with Gasteiger partial charge in [0.2, 0.25) is 5.91 Å². The zero-order valence-corrected chi connectivity index (χ0v) is 20.6. The number of carbonyl (C=O) groups is 1. The molecule has 2 N–H and O–H groups in total. The van der Waals surface area contributed by atoms with Crippen molar-refractivity contribution < 1.29 is 9.53 Å². The third-order valence-electron chi connectivity index (χ3n) is 7.83. The highest BCUT2D eigenvalue weighted by Gasteiger charge is 2.32. The van der Waals surface area contributed by atoms with E-state index < -0.39 is 0 Å². The van der Waals surface area contributed by atoms with E-state index in [2.05, 4.69) is 21.8 Å². The second kappa shape index (κ2) is 12.0. The van der Waals surface area contributed by atoms with Crippen LogP contribution in [0.5, 0.6) is 6.01 Å². The van der Waals surface area contributed by atoms with Gasteiger partial charge in [0, 0.05) is 18.2 Å². The number of likely N-dealkylation sites (tertiary alicyclic amines) is 1. The highest BCUT2D eigenvalue weighted by molar-refractivity contribution is 6.01. The van der Waals surface area contributed by atoms with Gasteiger partial charge in [0.15, 0.2) is 0 Å². The molecule has 7 heteroatoms. The first-order valence-electron chi connectivity index (χ1n) is 13.5. The van der Waals surface area contributed by atoms with Gasteiger partial charge in [0.05, 0.1) is 13.0 Å². The number of ether oxygens (including phenoxy) is 1. The smallest absolute Gasteiger partial charge is 0.320 e. The topological polar surface area (TPSA) is 84.6 Å². The van der Waals surface area contributed by atoms with Crippen LogP contribution in [0.1, 0.15) is 96.0 Å². The average Bonchev–Trinajstić information content (AvgIpc) is 3.15. The number of rotatable bonds is 11. The number of anilines is 2. The van der Waals surface area contributed by atoms with E-state index in [4.69, 9.17) is 10.5 Å². The molecule has 0 aromatic carbocycles. The summed E-state index contributed by atoms with van der Waals surface area (Å²) < 4.78 is 5.68. The van der Waals surface area contributed by atoms with Gasteiger partial charge in [-0.3, -0.25) is 9.69 Å². The molecule has 1 unspecified atom stereocenters. The molecule has 3 aliphatic rings. The summed E-state index contributed by atoms with van der Waals surface area (Å²) in [6, 6.07) is 0.948. The summed E-state index contributed by atoms with van der Waals surface area (Å²) in [5.74, 6) is 2.06. The van der Waals surface area contributed by atoms with Gasteiger partial charge in [-0.25, -0.2) is 0 Å². The molecular weight excluding hydrogens is 414 g/mol. The Hall–Kier alpha value is -1.89. The van der Waals surface area contributed by atoms with Gasteiger partial charge in [-0.2, -0.15) is 9.97 Å². The Morgan fingerprint density at radius 3 is 2.64 bits per heavy atom. The van der Waals surface area contributed by atoms with Crippen molar-refractivity contribution in [1.29, 1.82) is 0 Å². The molecule has 1 amide bonds. The molecule has 0 bridgehead atoms. The Labute approximate surface area is 199 Å². The number of hydrogen-bond acceptors (Lipinski definition) is 6. The normalized spacial score (nSPS) is 22.0. The molecular formula is C26H43N5O2. The molecule has 1 aromatic rings. The maximum atomic E-state index is 12.7. The van der Waals surface area contributed by atoms with E-state index in [1.54, 1.807) is 0 Å². The first-order valence-corrected chi connectivity index (χ1v) is 13.5. The predicted molar refractivity (Wildman–Crippen MR) is 133 cm³/mol. The van der Waals surface area contributed by atoms with E-state index in [1.165, 1.54) is 70.9 Å². The first kappa shape index (κ1) is 24.2. The lowest BCUT2D eigenvalue weighted by Gasteiger charge is -2.37. The molecule has 1 saturated carbocycles. The van der Waals surface area contributed by atoms with Crippen LogP contribution in [0.15, 0.2) is 0 Å². The van der Waals surface area contributed by atoms with Gasteiger partial charge in [-0.15, -0.1) is 0 Å². The summed E-state index contributed by atoms with van der Waals surface area (Å²) in [5.41, 5.74) is 6.90. The number of amides is 1. The van der Waals surface area contributed by atoms with Crippen LogP contribution in [-0.2, 0) is 11.2 Å². The van der Waals surface area contributed by atoms with Gasteiger partial charge in [0.1, 0.15) is 11.6 Å². The quantitative estimate of drug-likeness (QED) is 0.484. The Balaban J connectivity index is 1.30. The SMILES string of the molecule is CCCCOc1nc(N)c2c(n1)N(CCCC1CCCCN1CCC1CCCCC1)C(=O)C2. The second-order valence-electron chi connectivity index (χ2n) is 10.2. The Kier molecular flexibility index (Phi) is 8.82. The molecule has 1 aliphatic carbocycles. The number of nitrogens with zero attached hydrogens (tertiary/aromatic N) is 4. The molecule has 7 nitrogen and oxygen atoms in total. The van der Waals surface area contributed by atoms with Crippen LogP contribution < -0.4 is 15.4 Å². The minimum Gasteiger partial charge on any atom is -0.463 e. The summed E-state index contributed by atoms with van der Waals surface area (Å²) in [7, 11) is 0. The van der Waals surface area contributed by atoms with Gasteiger partial charge >= 0.3 is 6.01 Å². The third-order valence-corrected chi connectivity index (χ3v) is 7.83. The van der Waals surface area contributed by atoms with Gasteiger partial charge in [0.25, 0.3) is 0 Å². The van der Waals surface area contributed by atoms with Crippen molar-refractivity contribution in [3.05, 3.63) is 5.56 Å². The molecule has 3 heterocycles. The summed E-state index contributed by atoms with van der Waals surface area (Å²) in [6.45, 7) is 5.88. The van der Waals surface area contributed by atoms with E-state index in [9.17, 15) is 4.79 Å². The standard InChI is InChI=1S/C26H43N5O2/c1-2-3-18-33-26-28-24(27)22-19-23(32)31(25(22)29-26)16-9-13-21-12-7-8-15-30(21)17-14-20-10-5-4-6-11-20/h20-21H,2-19H2,1H3,(H2,27,28,29). The summed E-state index contributed by atoms with van der Waals surface area (Å²) in [6.07, 6.45) is 16.9. The molecule has 2 aliphatic heterocycles. The number of piperidine rings is 1. The van der Waals surface area contributed by atoms with Crippen molar-refractivity contribution in [1.82, 2.24) is 14.9 Å². The lowest BCUT2D eigenvalue weighted by Crippen LogP contribution is -2.41. The third kappa shape index (κ3) is 6.37. The van der Waals surface area contributed by atoms with Crippen molar-refractivity contribution >= 4 is 17.5 Å². The summed E-state index contributed by atoms with van der Waals surface area (Å²) in [5, 5.41) is 0. The number of nitrogens with two attached hydrogens (primary N) is 1. The van der Waals surface area contributed by atoms with E-state index in [0.717, 1.165) is 37.2 Å². The fourth-order valence-corrected chi connectivity index (χ4v) is 5.82.